The van der Waals surface area contributed by atoms with Crippen LogP contribution in [-0.2, 0) is 6.54 Å². The number of fused-ring (bicyclic) bond motifs is 1. The summed E-state index contributed by atoms with van der Waals surface area (Å²) in [6.07, 6.45) is 5.26. The lowest BCUT2D eigenvalue weighted by Gasteiger charge is -2.08. The highest BCUT2D eigenvalue weighted by atomic mass is 32.2. The molecular formula is C15H18N4OS. The molecule has 0 aromatic carbocycles. The number of pyridine rings is 1. The number of imidazole rings is 1. The molecule has 0 aliphatic rings. The number of oxazole rings is 1. The summed E-state index contributed by atoms with van der Waals surface area (Å²) in [7, 11) is 0. The van der Waals surface area contributed by atoms with Crippen LogP contribution >= 0.6 is 11.8 Å². The second-order valence-electron chi connectivity index (χ2n) is 5.22. The number of nitrogens with one attached hydrogen (secondary N) is 1. The average Bonchev–Trinajstić information content (AvgIpc) is 3.07. The van der Waals surface area contributed by atoms with E-state index in [-0.39, 0.29) is 0 Å². The zero-order valence-corrected chi connectivity index (χ0v) is 12.9. The van der Waals surface area contributed by atoms with Gasteiger partial charge in [0.15, 0.2) is 0 Å². The number of hydrogen-bond acceptors (Lipinski definition) is 5. The highest BCUT2D eigenvalue weighted by Gasteiger charge is 2.15. The van der Waals surface area contributed by atoms with Crippen LogP contribution in [0.15, 0.2) is 51.5 Å². The first-order valence-electron chi connectivity index (χ1n) is 6.98. The summed E-state index contributed by atoms with van der Waals surface area (Å²) < 4.78 is 7.42. The fraction of sp³-hybridized carbons (Fsp3) is 0.333. The lowest BCUT2D eigenvalue weighted by atomic mass is 10.2. The molecule has 1 N–H and O–H groups in total. The molecule has 3 aromatic heterocycles. The van der Waals surface area contributed by atoms with E-state index in [9.17, 15) is 0 Å². The summed E-state index contributed by atoms with van der Waals surface area (Å²) in [6.45, 7) is 6.14. The van der Waals surface area contributed by atoms with E-state index in [1.54, 1.807) is 12.5 Å². The first-order chi connectivity index (χ1) is 10.2. The van der Waals surface area contributed by atoms with Crippen LogP contribution in [0, 0.1) is 5.92 Å². The van der Waals surface area contributed by atoms with Gasteiger partial charge in [0.05, 0.1) is 11.9 Å². The van der Waals surface area contributed by atoms with Gasteiger partial charge in [-0.3, -0.25) is 0 Å². The van der Waals surface area contributed by atoms with Gasteiger partial charge in [0, 0.05) is 12.7 Å². The van der Waals surface area contributed by atoms with E-state index in [1.807, 2.05) is 24.4 Å². The van der Waals surface area contributed by atoms with Gasteiger partial charge in [-0.25, -0.2) is 9.97 Å². The van der Waals surface area contributed by atoms with Crippen LogP contribution in [0.1, 0.15) is 19.5 Å². The van der Waals surface area contributed by atoms with E-state index < -0.39 is 0 Å². The largest absolute Gasteiger partial charge is 0.440 e. The zero-order chi connectivity index (χ0) is 14.7. The van der Waals surface area contributed by atoms with Gasteiger partial charge in [-0.15, -0.1) is 0 Å². The molecule has 0 spiro atoms. The van der Waals surface area contributed by atoms with Gasteiger partial charge in [0.2, 0.25) is 0 Å². The molecule has 0 saturated carbocycles. The first-order valence-corrected chi connectivity index (χ1v) is 7.79. The maximum absolute atomic E-state index is 5.31. The van der Waals surface area contributed by atoms with E-state index >= 15 is 0 Å². The summed E-state index contributed by atoms with van der Waals surface area (Å²) in [5.41, 5.74) is 2.07. The Morgan fingerprint density at radius 3 is 3.05 bits per heavy atom. The molecule has 3 rings (SSSR count). The molecule has 0 bridgehead atoms. The van der Waals surface area contributed by atoms with Crippen molar-refractivity contribution in [3.63, 3.8) is 0 Å². The predicted octanol–water partition coefficient (Wildman–Crippen LogP) is 3.22. The van der Waals surface area contributed by atoms with E-state index in [0.29, 0.717) is 11.1 Å². The van der Waals surface area contributed by atoms with Gasteiger partial charge in [-0.2, -0.15) is 0 Å². The number of rotatable bonds is 6. The van der Waals surface area contributed by atoms with Crippen LogP contribution in [-0.4, -0.2) is 20.9 Å². The maximum atomic E-state index is 5.31. The average molecular weight is 302 g/mol. The third kappa shape index (κ3) is 3.28. The van der Waals surface area contributed by atoms with Crippen LogP contribution < -0.4 is 5.32 Å². The van der Waals surface area contributed by atoms with Crippen LogP contribution in [0.3, 0.4) is 0 Å². The van der Waals surface area contributed by atoms with Crippen LogP contribution in [0.5, 0.6) is 0 Å². The lowest BCUT2D eigenvalue weighted by molar-refractivity contribution is 0.453. The minimum Gasteiger partial charge on any atom is -0.440 e. The van der Waals surface area contributed by atoms with Crippen LogP contribution in [0.2, 0.25) is 0 Å². The standard InChI is InChI=1S/C15H18N4OS/c1-11(2)9-16-10-12-14(21-15-17-6-8-20-15)18-13-5-3-4-7-19(12)13/h3-8,11,16H,9-10H2,1-2H3. The second kappa shape index (κ2) is 6.32. The van der Waals surface area contributed by atoms with Gasteiger partial charge in [0.25, 0.3) is 5.22 Å². The Hall–Kier alpha value is -1.79. The highest BCUT2D eigenvalue weighted by Crippen LogP contribution is 2.29. The van der Waals surface area contributed by atoms with Gasteiger partial charge >= 0.3 is 0 Å². The fourth-order valence-corrected chi connectivity index (χ4v) is 2.90. The third-order valence-corrected chi connectivity index (χ3v) is 3.93. The minimum atomic E-state index is 0.614. The molecule has 3 heterocycles. The molecule has 6 heteroatoms. The Kier molecular flexibility index (Phi) is 4.26. The monoisotopic (exact) mass is 302 g/mol. The predicted molar refractivity (Wildman–Crippen MR) is 82.4 cm³/mol. The quantitative estimate of drug-likeness (QED) is 0.757. The molecule has 21 heavy (non-hydrogen) atoms. The van der Waals surface area contributed by atoms with Crippen molar-refractivity contribution >= 4 is 17.4 Å². The van der Waals surface area contributed by atoms with Crippen molar-refractivity contribution in [2.24, 2.45) is 5.92 Å². The number of hydrogen-bond donors (Lipinski definition) is 1. The molecule has 0 atom stereocenters. The van der Waals surface area contributed by atoms with E-state index in [1.165, 1.54) is 11.8 Å². The zero-order valence-electron chi connectivity index (χ0n) is 12.1. The Balaban J connectivity index is 1.89. The van der Waals surface area contributed by atoms with Crippen molar-refractivity contribution in [3.05, 3.63) is 42.5 Å². The molecule has 0 fully saturated rings. The van der Waals surface area contributed by atoms with Crippen molar-refractivity contribution in [1.82, 2.24) is 19.7 Å². The smallest absolute Gasteiger partial charge is 0.262 e. The van der Waals surface area contributed by atoms with E-state index in [0.717, 1.165) is 29.5 Å². The van der Waals surface area contributed by atoms with Crippen molar-refractivity contribution in [2.45, 2.75) is 30.6 Å². The highest BCUT2D eigenvalue weighted by molar-refractivity contribution is 7.99. The Morgan fingerprint density at radius 1 is 1.38 bits per heavy atom. The Labute approximate surface area is 127 Å². The SMILES string of the molecule is CC(C)CNCc1c(Sc2ncco2)nc2ccccn12. The molecule has 0 aliphatic heterocycles. The topological polar surface area (TPSA) is 55.4 Å². The fourth-order valence-electron chi connectivity index (χ4n) is 2.09. The van der Waals surface area contributed by atoms with E-state index in [4.69, 9.17) is 4.42 Å². The minimum absolute atomic E-state index is 0.614. The Morgan fingerprint density at radius 2 is 2.29 bits per heavy atom. The molecular weight excluding hydrogens is 284 g/mol. The van der Waals surface area contributed by atoms with Gasteiger partial charge in [0.1, 0.15) is 16.9 Å². The summed E-state index contributed by atoms with van der Waals surface area (Å²) in [5, 5.41) is 5.02. The molecule has 0 aliphatic carbocycles. The van der Waals surface area contributed by atoms with Crippen molar-refractivity contribution in [3.8, 4) is 0 Å². The lowest BCUT2D eigenvalue weighted by Crippen LogP contribution is -2.20. The van der Waals surface area contributed by atoms with E-state index in [2.05, 4.69) is 33.5 Å². The van der Waals surface area contributed by atoms with Crippen molar-refractivity contribution in [2.75, 3.05) is 6.54 Å². The molecule has 110 valence electrons. The Bertz CT molecular complexity index is 706. The van der Waals surface area contributed by atoms with Gasteiger partial charge < -0.3 is 14.1 Å². The van der Waals surface area contributed by atoms with Crippen LogP contribution in [0.25, 0.3) is 5.65 Å². The maximum Gasteiger partial charge on any atom is 0.262 e. The number of aromatic nitrogens is 3. The third-order valence-electron chi connectivity index (χ3n) is 3.03. The van der Waals surface area contributed by atoms with Crippen molar-refractivity contribution in [1.29, 1.82) is 0 Å². The summed E-state index contributed by atoms with van der Waals surface area (Å²) in [4.78, 5) is 8.83. The molecule has 0 saturated heterocycles. The first kappa shape index (κ1) is 14.2. The molecule has 0 amide bonds. The summed E-state index contributed by atoms with van der Waals surface area (Å²) in [5.74, 6) is 0.618. The second-order valence-corrected chi connectivity index (χ2v) is 6.16. The van der Waals surface area contributed by atoms with Crippen LogP contribution in [0.4, 0.5) is 0 Å². The van der Waals surface area contributed by atoms with Crippen molar-refractivity contribution < 1.29 is 4.42 Å². The molecule has 5 nitrogen and oxygen atoms in total. The molecule has 0 radical (unpaired) electrons. The molecule has 0 unspecified atom stereocenters. The summed E-state index contributed by atoms with van der Waals surface area (Å²) in [6, 6.07) is 6.01. The molecule has 3 aromatic rings. The summed E-state index contributed by atoms with van der Waals surface area (Å²) >= 11 is 1.46. The normalized spacial score (nSPS) is 11.6. The van der Waals surface area contributed by atoms with Gasteiger partial charge in [-0.05, 0) is 36.4 Å². The van der Waals surface area contributed by atoms with Gasteiger partial charge in [-0.1, -0.05) is 19.9 Å². The number of nitrogens with zero attached hydrogens (tertiary/aromatic N) is 3.